The normalized spacial score (nSPS) is 16.3. The number of thiophene rings is 1. The summed E-state index contributed by atoms with van der Waals surface area (Å²) in [6, 6.07) is 10.9. The first-order valence-electron chi connectivity index (χ1n) is 8.20. The Labute approximate surface area is 159 Å². The second-order valence-electron chi connectivity index (χ2n) is 6.32. The number of nitrogens with zero attached hydrogens (tertiary/aromatic N) is 2. The van der Waals surface area contributed by atoms with E-state index in [1.807, 2.05) is 38.1 Å². The van der Waals surface area contributed by atoms with Gasteiger partial charge in [-0.2, -0.15) is 5.10 Å². The van der Waals surface area contributed by atoms with E-state index in [9.17, 15) is 9.59 Å². The molecule has 0 fully saturated rings. The first kappa shape index (κ1) is 17.0. The lowest BCUT2D eigenvalue weighted by molar-refractivity contribution is -0.116. The van der Waals surface area contributed by atoms with Gasteiger partial charge in [0, 0.05) is 21.9 Å². The average molecular weight is 386 g/mol. The van der Waals surface area contributed by atoms with Gasteiger partial charge in [-0.1, -0.05) is 11.6 Å². The molecule has 0 radical (unpaired) electrons. The van der Waals surface area contributed by atoms with E-state index in [1.165, 1.54) is 11.3 Å². The average Bonchev–Trinajstić information content (AvgIpc) is 3.18. The van der Waals surface area contributed by atoms with Crippen LogP contribution in [0.5, 0.6) is 0 Å². The summed E-state index contributed by atoms with van der Waals surface area (Å²) in [6.45, 7) is 3.83. The van der Waals surface area contributed by atoms with E-state index >= 15 is 0 Å². The Morgan fingerprint density at radius 3 is 2.62 bits per heavy atom. The molecule has 1 unspecified atom stereocenters. The number of rotatable bonds is 3. The zero-order valence-corrected chi connectivity index (χ0v) is 15.8. The number of halogens is 1. The second kappa shape index (κ2) is 6.37. The van der Waals surface area contributed by atoms with Gasteiger partial charge in [0.25, 0.3) is 0 Å². The summed E-state index contributed by atoms with van der Waals surface area (Å²) in [5.74, 6) is -0.164. The highest BCUT2D eigenvalue weighted by atomic mass is 35.5. The van der Waals surface area contributed by atoms with E-state index in [1.54, 1.807) is 16.8 Å². The third-order valence-corrected chi connectivity index (χ3v) is 5.74. The predicted octanol–water partition coefficient (Wildman–Crippen LogP) is 4.51. The van der Waals surface area contributed by atoms with Gasteiger partial charge in [-0.15, -0.1) is 11.3 Å². The number of Topliss-reactive ketones (excluding diaryl/α,β-unsaturated/α-hetero) is 1. The second-order valence-corrected chi connectivity index (χ2v) is 8.04. The van der Waals surface area contributed by atoms with Gasteiger partial charge in [0.15, 0.2) is 5.78 Å². The maximum absolute atomic E-state index is 13.0. The molecule has 1 N–H and O–H groups in total. The molecular formula is C19H16ClN3O2S. The quantitative estimate of drug-likeness (QED) is 0.674. The Balaban J connectivity index is 1.82. The van der Waals surface area contributed by atoms with Crippen LogP contribution in [0.2, 0.25) is 5.02 Å². The van der Waals surface area contributed by atoms with Crippen molar-refractivity contribution in [2.75, 3.05) is 5.32 Å². The first-order chi connectivity index (χ1) is 12.4. The van der Waals surface area contributed by atoms with Crippen LogP contribution in [0.15, 0.2) is 36.4 Å². The molecule has 0 saturated carbocycles. The summed E-state index contributed by atoms with van der Waals surface area (Å²) in [4.78, 5) is 27.1. The van der Waals surface area contributed by atoms with Crippen molar-refractivity contribution in [1.82, 2.24) is 9.78 Å². The fraction of sp³-hybridized carbons (Fsp3) is 0.211. The van der Waals surface area contributed by atoms with E-state index in [0.717, 1.165) is 21.8 Å². The number of anilines is 1. The van der Waals surface area contributed by atoms with Crippen molar-refractivity contribution in [2.45, 2.75) is 26.2 Å². The molecule has 2 aromatic heterocycles. The van der Waals surface area contributed by atoms with E-state index in [0.29, 0.717) is 15.7 Å². The zero-order chi connectivity index (χ0) is 18.4. The van der Waals surface area contributed by atoms with E-state index in [-0.39, 0.29) is 18.1 Å². The summed E-state index contributed by atoms with van der Waals surface area (Å²) in [5.41, 5.74) is 2.30. The maximum Gasteiger partial charge on any atom is 0.226 e. The minimum atomic E-state index is -0.516. The molecule has 3 aromatic rings. The van der Waals surface area contributed by atoms with Crippen LogP contribution in [0.25, 0.3) is 5.69 Å². The highest BCUT2D eigenvalue weighted by molar-refractivity contribution is 7.14. The number of ketones is 1. The summed E-state index contributed by atoms with van der Waals surface area (Å²) >= 11 is 7.42. The number of amides is 1. The van der Waals surface area contributed by atoms with Crippen molar-refractivity contribution in [1.29, 1.82) is 0 Å². The van der Waals surface area contributed by atoms with Crippen LogP contribution >= 0.6 is 22.9 Å². The molecule has 26 heavy (non-hydrogen) atoms. The number of carbonyl (C=O) groups excluding carboxylic acids is 2. The van der Waals surface area contributed by atoms with Gasteiger partial charge < -0.3 is 5.32 Å². The standard InChI is InChI=1S/C19H16ClN3O2S/c1-10-3-8-15(26-10)18(25)14-9-16(24)21-19-17(14)11(2)22-23(19)13-6-4-12(20)5-7-13/h3-8,14H,9H2,1-2H3,(H,21,24). The largest absolute Gasteiger partial charge is 0.310 e. The Hall–Kier alpha value is -2.44. The first-order valence-corrected chi connectivity index (χ1v) is 9.39. The molecule has 132 valence electrons. The van der Waals surface area contributed by atoms with E-state index in [4.69, 9.17) is 11.6 Å². The van der Waals surface area contributed by atoms with Crippen LogP contribution in [0, 0.1) is 13.8 Å². The fourth-order valence-corrected chi connectivity index (χ4v) is 4.27. The Bertz CT molecular complexity index is 1020. The molecule has 1 aromatic carbocycles. The number of carbonyl (C=O) groups is 2. The van der Waals surface area contributed by atoms with Crippen molar-refractivity contribution in [3.63, 3.8) is 0 Å². The number of fused-ring (bicyclic) bond motifs is 1. The molecule has 1 amide bonds. The molecule has 1 aliphatic heterocycles. The van der Waals surface area contributed by atoms with Gasteiger partial charge in [0.2, 0.25) is 5.91 Å². The number of nitrogens with one attached hydrogen (secondary N) is 1. The minimum absolute atomic E-state index is 0.0297. The smallest absolute Gasteiger partial charge is 0.226 e. The lowest BCUT2D eigenvalue weighted by Crippen LogP contribution is -2.28. The van der Waals surface area contributed by atoms with Gasteiger partial charge in [0.05, 0.1) is 22.2 Å². The van der Waals surface area contributed by atoms with Crippen LogP contribution in [0.1, 0.15) is 38.1 Å². The van der Waals surface area contributed by atoms with Crippen molar-refractivity contribution < 1.29 is 9.59 Å². The van der Waals surface area contributed by atoms with Gasteiger partial charge >= 0.3 is 0 Å². The molecule has 5 nitrogen and oxygen atoms in total. The van der Waals surface area contributed by atoms with Crippen LogP contribution < -0.4 is 5.32 Å². The monoisotopic (exact) mass is 385 g/mol. The SMILES string of the molecule is Cc1ccc(C(=O)C2CC(=O)Nc3c2c(C)nn3-c2ccc(Cl)cc2)s1. The zero-order valence-electron chi connectivity index (χ0n) is 14.2. The van der Waals surface area contributed by atoms with E-state index < -0.39 is 5.92 Å². The van der Waals surface area contributed by atoms with Crippen LogP contribution in [-0.2, 0) is 4.79 Å². The predicted molar refractivity (Wildman–Crippen MR) is 103 cm³/mol. The molecule has 7 heteroatoms. The summed E-state index contributed by atoms with van der Waals surface area (Å²) in [5, 5.41) is 8.07. The lowest BCUT2D eigenvalue weighted by atomic mass is 9.87. The third kappa shape index (κ3) is 2.85. The highest BCUT2D eigenvalue weighted by Gasteiger charge is 2.36. The van der Waals surface area contributed by atoms with Crippen LogP contribution in [-0.4, -0.2) is 21.5 Å². The fourth-order valence-electron chi connectivity index (χ4n) is 3.28. The number of aryl methyl sites for hydroxylation is 2. The van der Waals surface area contributed by atoms with Crippen molar-refractivity contribution in [3.8, 4) is 5.69 Å². The molecule has 1 aliphatic rings. The maximum atomic E-state index is 13.0. The minimum Gasteiger partial charge on any atom is -0.310 e. The molecule has 3 heterocycles. The number of hydrogen-bond acceptors (Lipinski definition) is 4. The Morgan fingerprint density at radius 2 is 1.96 bits per heavy atom. The van der Waals surface area contributed by atoms with Gasteiger partial charge in [-0.25, -0.2) is 4.68 Å². The topological polar surface area (TPSA) is 64.0 Å². The molecule has 1 atom stereocenters. The molecule has 0 spiro atoms. The number of aromatic nitrogens is 2. The van der Waals surface area contributed by atoms with Gasteiger partial charge in [-0.3, -0.25) is 9.59 Å². The molecule has 0 aliphatic carbocycles. The molecule has 0 saturated heterocycles. The summed E-state index contributed by atoms with van der Waals surface area (Å²) < 4.78 is 1.66. The van der Waals surface area contributed by atoms with Gasteiger partial charge in [-0.05, 0) is 50.2 Å². The molecule has 0 bridgehead atoms. The molecular weight excluding hydrogens is 370 g/mol. The summed E-state index contributed by atoms with van der Waals surface area (Å²) in [7, 11) is 0. The van der Waals surface area contributed by atoms with Crippen molar-refractivity contribution in [3.05, 3.63) is 62.4 Å². The lowest BCUT2D eigenvalue weighted by Gasteiger charge is -2.22. The van der Waals surface area contributed by atoms with Gasteiger partial charge in [0.1, 0.15) is 5.82 Å². The molecule has 4 rings (SSSR count). The Morgan fingerprint density at radius 1 is 1.23 bits per heavy atom. The van der Waals surface area contributed by atoms with E-state index in [2.05, 4.69) is 10.4 Å². The van der Waals surface area contributed by atoms with Crippen molar-refractivity contribution in [2.24, 2.45) is 0 Å². The number of benzene rings is 1. The third-order valence-electron chi connectivity index (χ3n) is 4.47. The van der Waals surface area contributed by atoms with Crippen molar-refractivity contribution >= 4 is 40.4 Å². The number of hydrogen-bond donors (Lipinski definition) is 1. The Kier molecular flexibility index (Phi) is 4.17. The summed E-state index contributed by atoms with van der Waals surface area (Å²) in [6.07, 6.45) is 0.135. The van der Waals surface area contributed by atoms with Crippen LogP contribution in [0.3, 0.4) is 0 Å². The highest BCUT2D eigenvalue weighted by Crippen LogP contribution is 2.39. The van der Waals surface area contributed by atoms with Crippen LogP contribution in [0.4, 0.5) is 5.82 Å².